The summed E-state index contributed by atoms with van der Waals surface area (Å²) < 4.78 is 5.47. The van der Waals surface area contributed by atoms with Crippen LogP contribution in [-0.4, -0.2) is 47.4 Å². The summed E-state index contributed by atoms with van der Waals surface area (Å²) >= 11 is 0. The van der Waals surface area contributed by atoms with E-state index in [-0.39, 0.29) is 18.5 Å². The topological polar surface area (TPSA) is 95.9 Å². The van der Waals surface area contributed by atoms with Gasteiger partial charge in [0.2, 0.25) is 5.91 Å². The van der Waals surface area contributed by atoms with Gasteiger partial charge in [-0.25, -0.2) is 0 Å². The van der Waals surface area contributed by atoms with Gasteiger partial charge in [0.1, 0.15) is 0 Å². The number of nitrogens with one attached hydrogen (secondary N) is 1. The zero-order valence-electron chi connectivity index (χ0n) is 54.1. The Kier molecular flexibility index (Phi) is 67.9. The number of hydrogen-bond donors (Lipinski definition) is 3. The summed E-state index contributed by atoms with van der Waals surface area (Å²) in [6.45, 7) is 4.92. The number of aliphatic hydroxyl groups is 2. The van der Waals surface area contributed by atoms with Gasteiger partial charge < -0.3 is 20.3 Å². The molecule has 0 aliphatic rings. The summed E-state index contributed by atoms with van der Waals surface area (Å²) in [7, 11) is 0. The molecule has 0 spiro atoms. The van der Waals surface area contributed by atoms with Crippen molar-refractivity contribution in [3.8, 4) is 0 Å². The monoisotopic (exact) mass is 1120 g/mol. The zero-order chi connectivity index (χ0) is 57.8. The third-order valence-electron chi connectivity index (χ3n) is 16.9. The minimum Gasteiger partial charge on any atom is -0.466 e. The van der Waals surface area contributed by atoms with Crippen molar-refractivity contribution in [3.63, 3.8) is 0 Å². The van der Waals surface area contributed by atoms with Crippen molar-refractivity contribution in [1.82, 2.24) is 5.32 Å². The van der Waals surface area contributed by atoms with Crippen LogP contribution < -0.4 is 5.32 Å². The van der Waals surface area contributed by atoms with Gasteiger partial charge in [0, 0.05) is 12.8 Å². The zero-order valence-corrected chi connectivity index (χ0v) is 54.1. The predicted octanol–water partition coefficient (Wildman–Crippen LogP) is 23.5. The number of esters is 1. The standard InChI is InChI=1S/C74H141NO5/c1-3-5-7-9-11-13-15-17-18-19-20-21-22-27-30-33-36-39-43-46-50-54-58-62-66-72(77)71(70-76)75-73(78)67-63-59-55-51-47-44-40-37-34-31-28-25-23-24-26-29-32-35-38-41-45-49-53-57-61-65-69-80-74(79)68-64-60-56-52-48-42-16-14-12-10-8-6-4-2/h8,10,14,16,23,25,71-72,76-77H,3-7,9,11-13,15,17-22,24,26-70H2,1-2H3,(H,75,78)/b10-8-,16-14-,25-23-. The summed E-state index contributed by atoms with van der Waals surface area (Å²) in [6, 6.07) is -0.545. The van der Waals surface area contributed by atoms with Crippen LogP contribution in [0.4, 0.5) is 0 Å². The molecular formula is C74H141NO5. The van der Waals surface area contributed by atoms with Crippen LogP contribution in [-0.2, 0) is 14.3 Å². The molecule has 3 N–H and O–H groups in total. The smallest absolute Gasteiger partial charge is 0.305 e. The first-order valence-corrected chi connectivity index (χ1v) is 36.2. The lowest BCUT2D eigenvalue weighted by molar-refractivity contribution is -0.143. The molecule has 2 atom stereocenters. The number of allylic oxidation sites excluding steroid dienone is 6. The van der Waals surface area contributed by atoms with E-state index >= 15 is 0 Å². The lowest BCUT2D eigenvalue weighted by Crippen LogP contribution is -2.45. The van der Waals surface area contributed by atoms with Crippen LogP contribution in [0.25, 0.3) is 0 Å². The Morgan fingerprint density at radius 1 is 0.350 bits per heavy atom. The van der Waals surface area contributed by atoms with E-state index in [1.54, 1.807) is 0 Å². The molecule has 0 aromatic carbocycles. The maximum absolute atomic E-state index is 12.6. The number of carbonyl (C=O) groups excluding carboxylic acids is 2. The van der Waals surface area contributed by atoms with E-state index in [1.807, 2.05) is 0 Å². The molecule has 472 valence electrons. The molecule has 0 aromatic heterocycles. The third-order valence-corrected chi connectivity index (χ3v) is 16.9. The summed E-state index contributed by atoms with van der Waals surface area (Å²) in [6.07, 6.45) is 89.1. The predicted molar refractivity (Wildman–Crippen MR) is 352 cm³/mol. The fourth-order valence-electron chi connectivity index (χ4n) is 11.4. The molecular weight excluding hydrogens is 983 g/mol. The Bertz CT molecular complexity index is 1300. The van der Waals surface area contributed by atoms with Gasteiger partial charge >= 0.3 is 5.97 Å². The fourth-order valence-corrected chi connectivity index (χ4v) is 11.4. The van der Waals surface area contributed by atoms with Crippen LogP contribution in [0.5, 0.6) is 0 Å². The molecule has 80 heavy (non-hydrogen) atoms. The van der Waals surface area contributed by atoms with E-state index in [0.29, 0.717) is 25.9 Å². The van der Waals surface area contributed by atoms with Crippen LogP contribution in [0, 0.1) is 0 Å². The SMILES string of the molecule is CCC/C=C\C/C=C\CCCCCCCC(=O)OCCCCCCCCCCCCCC/C=C\CCCCCCCCCCCCC(=O)NC(CO)C(O)CCCCCCCCCCCCCCCCCCCCCCCCCC. The van der Waals surface area contributed by atoms with Gasteiger partial charge in [-0.15, -0.1) is 0 Å². The summed E-state index contributed by atoms with van der Waals surface area (Å²) in [5.74, 6) is -0.0329. The minimum atomic E-state index is -0.667. The first-order chi connectivity index (χ1) is 39.5. The van der Waals surface area contributed by atoms with Gasteiger partial charge in [-0.2, -0.15) is 0 Å². The van der Waals surface area contributed by atoms with Crippen molar-refractivity contribution >= 4 is 11.9 Å². The molecule has 0 aliphatic carbocycles. The number of unbranched alkanes of at least 4 members (excludes halogenated alkanes) is 51. The van der Waals surface area contributed by atoms with E-state index in [0.717, 1.165) is 51.4 Å². The summed E-state index contributed by atoms with van der Waals surface area (Å²) in [5.41, 5.74) is 0. The minimum absolute atomic E-state index is 0.000502. The van der Waals surface area contributed by atoms with Gasteiger partial charge in [0.15, 0.2) is 0 Å². The maximum Gasteiger partial charge on any atom is 0.305 e. The second-order valence-corrected chi connectivity index (χ2v) is 24.9. The third kappa shape index (κ3) is 65.2. The number of hydrogen-bond acceptors (Lipinski definition) is 5. The number of aliphatic hydroxyl groups excluding tert-OH is 2. The van der Waals surface area contributed by atoms with Crippen molar-refractivity contribution < 1.29 is 24.5 Å². The number of carbonyl (C=O) groups is 2. The van der Waals surface area contributed by atoms with Crippen LogP contribution in [0.2, 0.25) is 0 Å². The molecule has 2 unspecified atom stereocenters. The highest BCUT2D eigenvalue weighted by atomic mass is 16.5. The van der Waals surface area contributed by atoms with Gasteiger partial charge in [0.05, 0.1) is 25.4 Å². The molecule has 6 heteroatoms. The van der Waals surface area contributed by atoms with Gasteiger partial charge in [-0.3, -0.25) is 9.59 Å². The second-order valence-electron chi connectivity index (χ2n) is 24.9. The highest BCUT2D eigenvalue weighted by Gasteiger charge is 2.20. The summed E-state index contributed by atoms with van der Waals surface area (Å²) in [4.78, 5) is 24.6. The molecule has 6 nitrogen and oxygen atoms in total. The molecule has 0 heterocycles. The largest absolute Gasteiger partial charge is 0.466 e. The Morgan fingerprint density at radius 2 is 0.650 bits per heavy atom. The van der Waals surface area contributed by atoms with E-state index < -0.39 is 12.1 Å². The van der Waals surface area contributed by atoms with Gasteiger partial charge in [-0.1, -0.05) is 346 Å². The lowest BCUT2D eigenvalue weighted by atomic mass is 10.0. The molecule has 0 rings (SSSR count). The Labute approximate surface area is 500 Å². The maximum atomic E-state index is 12.6. The highest BCUT2D eigenvalue weighted by molar-refractivity contribution is 5.76. The van der Waals surface area contributed by atoms with Crippen molar-refractivity contribution in [2.45, 2.75) is 411 Å². The van der Waals surface area contributed by atoms with Crippen molar-refractivity contribution in [1.29, 1.82) is 0 Å². The summed E-state index contributed by atoms with van der Waals surface area (Å²) in [5, 5.41) is 23.5. The first kappa shape index (κ1) is 78.1. The number of amides is 1. The Hall–Kier alpha value is -1.92. The molecule has 0 saturated heterocycles. The van der Waals surface area contributed by atoms with Crippen LogP contribution >= 0.6 is 0 Å². The van der Waals surface area contributed by atoms with Gasteiger partial charge in [0.25, 0.3) is 0 Å². The molecule has 0 fully saturated rings. The molecule has 0 saturated carbocycles. The van der Waals surface area contributed by atoms with Crippen molar-refractivity contribution in [2.24, 2.45) is 0 Å². The van der Waals surface area contributed by atoms with E-state index in [9.17, 15) is 19.8 Å². The second kappa shape index (κ2) is 69.6. The van der Waals surface area contributed by atoms with E-state index in [2.05, 4.69) is 55.6 Å². The average molecular weight is 1120 g/mol. The van der Waals surface area contributed by atoms with Crippen LogP contribution in [0.3, 0.4) is 0 Å². The van der Waals surface area contributed by atoms with Crippen molar-refractivity contribution in [3.05, 3.63) is 36.5 Å². The van der Waals surface area contributed by atoms with E-state index in [1.165, 1.54) is 315 Å². The van der Waals surface area contributed by atoms with Gasteiger partial charge in [-0.05, 0) is 77.0 Å². The molecule has 0 radical (unpaired) electrons. The molecule has 0 bridgehead atoms. The molecule has 0 aliphatic heterocycles. The highest BCUT2D eigenvalue weighted by Crippen LogP contribution is 2.19. The normalized spacial score (nSPS) is 12.7. The fraction of sp³-hybridized carbons (Fsp3) is 0.892. The first-order valence-electron chi connectivity index (χ1n) is 36.2. The molecule has 1 amide bonds. The number of ether oxygens (including phenoxy) is 1. The van der Waals surface area contributed by atoms with E-state index in [4.69, 9.17) is 4.74 Å². The lowest BCUT2D eigenvalue weighted by Gasteiger charge is -2.22. The number of rotatable bonds is 68. The quantitative estimate of drug-likeness (QED) is 0.0320. The van der Waals surface area contributed by atoms with Crippen LogP contribution in [0.1, 0.15) is 399 Å². The van der Waals surface area contributed by atoms with Crippen LogP contribution in [0.15, 0.2) is 36.5 Å². The van der Waals surface area contributed by atoms with Crippen molar-refractivity contribution in [2.75, 3.05) is 13.2 Å². The molecule has 0 aromatic rings. The average Bonchev–Trinajstić information content (AvgIpc) is 3.46. The Balaban J connectivity index is 3.40. The Morgan fingerprint density at radius 3 is 1.01 bits per heavy atom.